The van der Waals surface area contributed by atoms with Crippen LogP contribution in [0.25, 0.3) is 0 Å². The summed E-state index contributed by atoms with van der Waals surface area (Å²) in [6, 6.07) is 10.9. The number of aromatic nitrogens is 1. The minimum atomic E-state index is -0.388. The van der Waals surface area contributed by atoms with Gasteiger partial charge in [-0.05, 0) is 31.2 Å². The normalized spacial score (nSPS) is 21.3. The first-order chi connectivity index (χ1) is 11.0. The molecule has 1 aliphatic carbocycles. The highest BCUT2D eigenvalue weighted by atomic mass is 16.3. The van der Waals surface area contributed by atoms with Crippen molar-refractivity contribution in [3.63, 3.8) is 0 Å². The third-order valence-electron chi connectivity index (χ3n) is 4.37. The number of hydrogen-bond donors (Lipinski definition) is 3. The fourth-order valence-corrected chi connectivity index (χ4v) is 3.01. The van der Waals surface area contributed by atoms with Gasteiger partial charge in [0.25, 0.3) is 5.91 Å². The fraction of sp³-hybridized carbons (Fsp3) is 0.333. The van der Waals surface area contributed by atoms with E-state index in [4.69, 9.17) is 0 Å². The Balaban J connectivity index is 1.83. The zero-order chi connectivity index (χ0) is 16.4. The number of carbonyl (C=O) groups is 1. The summed E-state index contributed by atoms with van der Waals surface area (Å²) in [7, 11) is 0. The van der Waals surface area contributed by atoms with E-state index in [1.165, 1.54) is 12.3 Å². The molecule has 5 heteroatoms. The number of hydrogen-bond acceptors (Lipinski definition) is 3. The standard InChI is InChI=1S/C18H20N2O3/c1-11-7-16(22)15(10-19-11)18(23)20-17(13-8-14(21)9-13)12-5-3-2-4-6-12/h2-7,10,13-14,17,21H,8-9H2,1H3,(H,19,22)(H,20,23)/t13?,14?,17-/m1/s1. The number of aromatic amines is 1. The molecule has 1 fully saturated rings. The van der Waals surface area contributed by atoms with Crippen LogP contribution in [0.5, 0.6) is 0 Å². The van der Waals surface area contributed by atoms with Crippen molar-refractivity contribution in [1.82, 2.24) is 10.3 Å². The molecule has 1 atom stereocenters. The van der Waals surface area contributed by atoms with Gasteiger partial charge in [-0.1, -0.05) is 30.3 Å². The molecule has 1 aromatic heterocycles. The maximum atomic E-state index is 12.5. The lowest BCUT2D eigenvalue weighted by Crippen LogP contribution is -2.42. The molecule has 1 heterocycles. The van der Waals surface area contributed by atoms with Gasteiger partial charge in [-0.25, -0.2) is 0 Å². The van der Waals surface area contributed by atoms with Gasteiger partial charge in [0.15, 0.2) is 5.43 Å². The first kappa shape index (κ1) is 15.5. The highest BCUT2D eigenvalue weighted by Gasteiger charge is 2.35. The summed E-state index contributed by atoms with van der Waals surface area (Å²) >= 11 is 0. The third-order valence-corrected chi connectivity index (χ3v) is 4.37. The molecule has 2 aromatic rings. The molecule has 0 spiro atoms. The highest BCUT2D eigenvalue weighted by Crippen LogP contribution is 2.38. The Bertz CT molecular complexity index is 748. The first-order valence-electron chi connectivity index (χ1n) is 7.78. The summed E-state index contributed by atoms with van der Waals surface area (Å²) < 4.78 is 0. The number of amides is 1. The van der Waals surface area contributed by atoms with Crippen LogP contribution in [-0.4, -0.2) is 22.1 Å². The van der Waals surface area contributed by atoms with Crippen LogP contribution in [0, 0.1) is 12.8 Å². The molecule has 0 saturated heterocycles. The van der Waals surface area contributed by atoms with Crippen LogP contribution in [0.2, 0.25) is 0 Å². The Labute approximate surface area is 134 Å². The summed E-state index contributed by atoms with van der Waals surface area (Å²) in [5, 5.41) is 12.5. The second-order valence-electron chi connectivity index (χ2n) is 6.14. The van der Waals surface area contributed by atoms with Crippen molar-refractivity contribution in [2.45, 2.75) is 31.9 Å². The second-order valence-corrected chi connectivity index (χ2v) is 6.14. The summed E-state index contributed by atoms with van der Waals surface area (Å²) in [6.07, 6.45) is 2.46. The Morgan fingerprint density at radius 1 is 1.30 bits per heavy atom. The third kappa shape index (κ3) is 3.35. The molecule has 0 unspecified atom stereocenters. The van der Waals surface area contributed by atoms with E-state index >= 15 is 0 Å². The van der Waals surface area contributed by atoms with Crippen LogP contribution in [0.15, 0.2) is 47.4 Å². The first-order valence-corrected chi connectivity index (χ1v) is 7.78. The smallest absolute Gasteiger partial charge is 0.257 e. The molecule has 23 heavy (non-hydrogen) atoms. The van der Waals surface area contributed by atoms with E-state index in [1.54, 1.807) is 6.92 Å². The number of H-pyrrole nitrogens is 1. The van der Waals surface area contributed by atoms with Gasteiger partial charge in [-0.3, -0.25) is 9.59 Å². The van der Waals surface area contributed by atoms with Crippen molar-refractivity contribution in [2.24, 2.45) is 5.92 Å². The minimum Gasteiger partial charge on any atom is -0.393 e. The van der Waals surface area contributed by atoms with Crippen LogP contribution in [-0.2, 0) is 0 Å². The predicted molar refractivity (Wildman–Crippen MR) is 87.2 cm³/mol. The number of carbonyl (C=O) groups excluding carboxylic acids is 1. The van der Waals surface area contributed by atoms with Crippen molar-refractivity contribution in [3.05, 3.63) is 69.6 Å². The SMILES string of the molecule is Cc1cc(=O)c(C(=O)N[C@H](c2ccccc2)C2CC(O)C2)c[nH]1. The molecule has 3 N–H and O–H groups in total. The number of aryl methyl sites for hydroxylation is 1. The number of nitrogens with one attached hydrogen (secondary N) is 2. The van der Waals surface area contributed by atoms with Crippen molar-refractivity contribution in [1.29, 1.82) is 0 Å². The number of rotatable bonds is 4. The summed E-state index contributed by atoms with van der Waals surface area (Å²) in [6.45, 7) is 1.77. The summed E-state index contributed by atoms with van der Waals surface area (Å²) in [5.41, 5.74) is 1.52. The van der Waals surface area contributed by atoms with Crippen LogP contribution in [0.3, 0.4) is 0 Å². The van der Waals surface area contributed by atoms with E-state index < -0.39 is 0 Å². The quantitative estimate of drug-likeness (QED) is 0.807. The van der Waals surface area contributed by atoms with Crippen molar-refractivity contribution in [2.75, 3.05) is 0 Å². The average molecular weight is 312 g/mol. The predicted octanol–water partition coefficient (Wildman–Crippen LogP) is 1.93. The summed E-state index contributed by atoms with van der Waals surface area (Å²) in [5.74, 6) is -0.206. The second kappa shape index (κ2) is 6.38. The van der Waals surface area contributed by atoms with Crippen LogP contribution < -0.4 is 10.7 Å². The Morgan fingerprint density at radius 2 is 2.00 bits per heavy atom. The molecule has 3 rings (SSSR count). The van der Waals surface area contributed by atoms with E-state index in [1.807, 2.05) is 30.3 Å². The Morgan fingerprint density at radius 3 is 2.61 bits per heavy atom. The molecule has 5 nitrogen and oxygen atoms in total. The average Bonchev–Trinajstić information content (AvgIpc) is 2.50. The van der Waals surface area contributed by atoms with Gasteiger partial charge >= 0.3 is 0 Å². The molecule has 120 valence electrons. The van der Waals surface area contributed by atoms with Gasteiger partial charge in [0, 0.05) is 18.0 Å². The zero-order valence-electron chi connectivity index (χ0n) is 13.0. The van der Waals surface area contributed by atoms with E-state index in [0.717, 1.165) is 5.56 Å². The molecular formula is C18H20N2O3. The lowest BCUT2D eigenvalue weighted by Gasteiger charge is -2.38. The van der Waals surface area contributed by atoms with Gasteiger partial charge in [0.05, 0.1) is 12.1 Å². The Kier molecular flexibility index (Phi) is 4.30. The molecule has 1 aliphatic rings. The van der Waals surface area contributed by atoms with Crippen LogP contribution >= 0.6 is 0 Å². The van der Waals surface area contributed by atoms with Gasteiger partial charge in [0.1, 0.15) is 5.56 Å². The molecule has 1 aromatic carbocycles. The van der Waals surface area contributed by atoms with Crippen molar-refractivity contribution < 1.29 is 9.90 Å². The minimum absolute atomic E-state index is 0.108. The fourth-order valence-electron chi connectivity index (χ4n) is 3.01. The largest absolute Gasteiger partial charge is 0.393 e. The lowest BCUT2D eigenvalue weighted by atomic mass is 9.75. The molecule has 1 amide bonds. The monoisotopic (exact) mass is 312 g/mol. The zero-order valence-corrected chi connectivity index (χ0v) is 13.0. The maximum absolute atomic E-state index is 12.5. The van der Waals surface area contributed by atoms with Gasteiger partial charge < -0.3 is 15.4 Å². The summed E-state index contributed by atoms with van der Waals surface area (Å²) in [4.78, 5) is 27.4. The van der Waals surface area contributed by atoms with E-state index in [0.29, 0.717) is 18.5 Å². The number of aliphatic hydroxyl groups excluding tert-OH is 1. The van der Waals surface area contributed by atoms with Crippen molar-refractivity contribution >= 4 is 5.91 Å². The van der Waals surface area contributed by atoms with Gasteiger partial charge in [-0.15, -0.1) is 0 Å². The number of benzene rings is 1. The molecular weight excluding hydrogens is 292 g/mol. The van der Waals surface area contributed by atoms with Crippen LogP contribution in [0.4, 0.5) is 0 Å². The molecule has 0 bridgehead atoms. The van der Waals surface area contributed by atoms with E-state index in [-0.39, 0.29) is 35.0 Å². The topological polar surface area (TPSA) is 82.2 Å². The van der Waals surface area contributed by atoms with Gasteiger partial charge in [0.2, 0.25) is 0 Å². The molecule has 1 saturated carbocycles. The number of aliphatic hydroxyl groups is 1. The lowest BCUT2D eigenvalue weighted by molar-refractivity contribution is 0.0235. The van der Waals surface area contributed by atoms with Crippen molar-refractivity contribution in [3.8, 4) is 0 Å². The van der Waals surface area contributed by atoms with Gasteiger partial charge in [-0.2, -0.15) is 0 Å². The van der Waals surface area contributed by atoms with E-state index in [2.05, 4.69) is 10.3 Å². The maximum Gasteiger partial charge on any atom is 0.257 e. The molecule has 0 radical (unpaired) electrons. The number of pyridine rings is 1. The Hall–Kier alpha value is -2.40. The van der Waals surface area contributed by atoms with Crippen LogP contribution in [0.1, 0.15) is 40.5 Å². The van der Waals surface area contributed by atoms with E-state index in [9.17, 15) is 14.7 Å². The highest BCUT2D eigenvalue weighted by molar-refractivity contribution is 5.94. The molecule has 0 aliphatic heterocycles.